The molecular formula is C11H8NO4S-. The molecule has 0 amide bonds. The maximum atomic E-state index is 10.9. The molecule has 0 aliphatic rings. The van der Waals surface area contributed by atoms with Crippen molar-refractivity contribution in [3.8, 4) is 0 Å². The first-order valence-electron chi connectivity index (χ1n) is 4.89. The van der Waals surface area contributed by atoms with Gasteiger partial charge in [-0.05, 0) is 6.07 Å². The SMILES string of the molecule is CC(C(=O)[O-])c1c([N+](=O)[O-])sc2ccccc12. The Balaban J connectivity index is 2.76. The molecular weight excluding hydrogens is 242 g/mol. The van der Waals surface area contributed by atoms with Crippen LogP contribution in [0.25, 0.3) is 10.1 Å². The number of aliphatic carboxylic acids is 1. The van der Waals surface area contributed by atoms with E-state index in [0.717, 1.165) is 11.3 Å². The lowest BCUT2D eigenvalue weighted by atomic mass is 10.00. The predicted octanol–water partition coefficient (Wildman–Crippen LogP) is 1.66. The summed E-state index contributed by atoms with van der Waals surface area (Å²) in [7, 11) is 0. The van der Waals surface area contributed by atoms with Crippen LogP contribution in [0.2, 0.25) is 0 Å². The molecule has 0 aliphatic carbocycles. The summed E-state index contributed by atoms with van der Waals surface area (Å²) >= 11 is 0.988. The Bertz CT molecular complexity index is 605. The van der Waals surface area contributed by atoms with E-state index in [0.29, 0.717) is 10.1 Å². The van der Waals surface area contributed by atoms with Crippen molar-refractivity contribution in [2.75, 3.05) is 0 Å². The minimum Gasteiger partial charge on any atom is -0.550 e. The van der Waals surface area contributed by atoms with Gasteiger partial charge in [-0.15, -0.1) is 0 Å². The van der Waals surface area contributed by atoms with Crippen LogP contribution in [-0.4, -0.2) is 10.9 Å². The lowest BCUT2D eigenvalue weighted by molar-refractivity contribution is -0.381. The third-order valence-electron chi connectivity index (χ3n) is 2.57. The van der Waals surface area contributed by atoms with Gasteiger partial charge >= 0.3 is 5.00 Å². The van der Waals surface area contributed by atoms with Crippen molar-refractivity contribution in [1.82, 2.24) is 0 Å². The zero-order chi connectivity index (χ0) is 12.6. The summed E-state index contributed by atoms with van der Waals surface area (Å²) in [5, 5.41) is 22.3. The van der Waals surface area contributed by atoms with Crippen LogP contribution in [-0.2, 0) is 4.79 Å². The van der Waals surface area contributed by atoms with Crippen LogP contribution in [0.3, 0.4) is 0 Å². The topological polar surface area (TPSA) is 83.3 Å². The fourth-order valence-electron chi connectivity index (χ4n) is 1.72. The van der Waals surface area contributed by atoms with Crippen LogP contribution >= 0.6 is 11.3 Å². The molecule has 0 radical (unpaired) electrons. The van der Waals surface area contributed by atoms with Crippen LogP contribution in [0.5, 0.6) is 0 Å². The van der Waals surface area contributed by atoms with Crippen molar-refractivity contribution in [1.29, 1.82) is 0 Å². The second-order valence-corrected chi connectivity index (χ2v) is 4.65. The number of benzene rings is 1. The number of carboxylic acid groups (broad SMARTS) is 1. The zero-order valence-electron chi connectivity index (χ0n) is 8.88. The first kappa shape index (κ1) is 11.5. The summed E-state index contributed by atoms with van der Waals surface area (Å²) in [6.07, 6.45) is 0. The van der Waals surface area contributed by atoms with E-state index in [2.05, 4.69) is 0 Å². The van der Waals surface area contributed by atoms with Crippen LogP contribution in [0.15, 0.2) is 24.3 Å². The molecule has 1 heterocycles. The number of carbonyl (C=O) groups is 1. The fourth-order valence-corrected chi connectivity index (χ4v) is 2.84. The highest BCUT2D eigenvalue weighted by atomic mass is 32.1. The molecule has 5 nitrogen and oxygen atoms in total. The lowest BCUT2D eigenvalue weighted by Gasteiger charge is -2.10. The van der Waals surface area contributed by atoms with Gasteiger partial charge < -0.3 is 9.90 Å². The van der Waals surface area contributed by atoms with Crippen molar-refractivity contribution in [3.05, 3.63) is 39.9 Å². The molecule has 0 spiro atoms. The van der Waals surface area contributed by atoms with Crippen LogP contribution < -0.4 is 5.11 Å². The minimum atomic E-state index is -1.31. The van der Waals surface area contributed by atoms with Crippen molar-refractivity contribution >= 4 is 32.4 Å². The Morgan fingerprint density at radius 1 is 1.41 bits per heavy atom. The number of fused-ring (bicyclic) bond motifs is 1. The Morgan fingerprint density at radius 2 is 2.06 bits per heavy atom. The van der Waals surface area contributed by atoms with E-state index in [1.54, 1.807) is 24.3 Å². The minimum absolute atomic E-state index is 0.122. The van der Waals surface area contributed by atoms with E-state index >= 15 is 0 Å². The van der Waals surface area contributed by atoms with Crippen LogP contribution in [0.4, 0.5) is 5.00 Å². The molecule has 0 bridgehead atoms. The van der Waals surface area contributed by atoms with E-state index in [4.69, 9.17) is 0 Å². The van der Waals surface area contributed by atoms with Crippen molar-refractivity contribution in [2.45, 2.75) is 12.8 Å². The van der Waals surface area contributed by atoms with Crippen LogP contribution in [0.1, 0.15) is 18.4 Å². The fraction of sp³-hybridized carbons (Fsp3) is 0.182. The van der Waals surface area contributed by atoms with Gasteiger partial charge in [0.15, 0.2) is 0 Å². The largest absolute Gasteiger partial charge is 0.550 e. The van der Waals surface area contributed by atoms with Crippen molar-refractivity contribution < 1.29 is 14.8 Å². The van der Waals surface area contributed by atoms with Gasteiger partial charge in [0.05, 0.1) is 10.5 Å². The number of hydrogen-bond donors (Lipinski definition) is 0. The summed E-state index contributed by atoms with van der Waals surface area (Å²) in [6.45, 7) is 1.40. The van der Waals surface area contributed by atoms with Gasteiger partial charge in [-0.3, -0.25) is 10.1 Å². The molecule has 0 fully saturated rings. The molecule has 0 aliphatic heterocycles. The Hall–Kier alpha value is -1.95. The van der Waals surface area contributed by atoms with E-state index in [-0.39, 0.29) is 10.6 Å². The molecule has 17 heavy (non-hydrogen) atoms. The molecule has 2 rings (SSSR count). The quantitative estimate of drug-likeness (QED) is 0.612. The molecule has 88 valence electrons. The average Bonchev–Trinajstić information content (AvgIpc) is 2.67. The Morgan fingerprint density at radius 3 is 2.65 bits per heavy atom. The van der Waals surface area contributed by atoms with E-state index in [9.17, 15) is 20.0 Å². The molecule has 0 saturated heterocycles. The van der Waals surface area contributed by atoms with Gasteiger partial charge in [0.2, 0.25) is 0 Å². The smallest absolute Gasteiger partial charge is 0.329 e. The van der Waals surface area contributed by atoms with E-state index in [1.807, 2.05) is 0 Å². The van der Waals surface area contributed by atoms with Crippen molar-refractivity contribution in [2.24, 2.45) is 0 Å². The number of nitro groups is 1. The van der Waals surface area contributed by atoms with Gasteiger partial charge in [0.25, 0.3) is 0 Å². The Labute approximate surface area is 100 Å². The standard InChI is InChI=1S/C11H9NO4S/c1-6(11(13)14)9-7-4-2-3-5-8(7)17-10(9)12(15)16/h2-6H,1H3,(H,13,14)/p-1. The third-order valence-corrected chi connectivity index (χ3v) is 3.70. The Kier molecular flexibility index (Phi) is 2.81. The van der Waals surface area contributed by atoms with Gasteiger partial charge in [-0.2, -0.15) is 0 Å². The molecule has 1 aromatic heterocycles. The number of hydrogen-bond acceptors (Lipinski definition) is 5. The first-order valence-corrected chi connectivity index (χ1v) is 5.70. The predicted molar refractivity (Wildman–Crippen MR) is 61.9 cm³/mol. The summed E-state index contributed by atoms with van der Waals surface area (Å²) in [5.41, 5.74) is 0.232. The van der Waals surface area contributed by atoms with Gasteiger partial charge in [-0.25, -0.2) is 0 Å². The number of thiophene rings is 1. The van der Waals surface area contributed by atoms with Crippen LogP contribution in [0, 0.1) is 10.1 Å². The molecule has 2 aromatic rings. The summed E-state index contributed by atoms with van der Waals surface area (Å²) in [4.78, 5) is 21.3. The molecule has 0 N–H and O–H groups in total. The number of rotatable bonds is 3. The lowest BCUT2D eigenvalue weighted by Crippen LogP contribution is -2.28. The molecule has 6 heteroatoms. The maximum absolute atomic E-state index is 10.9. The molecule has 1 atom stereocenters. The number of nitrogens with zero attached hydrogens (tertiary/aromatic N) is 1. The zero-order valence-corrected chi connectivity index (χ0v) is 9.69. The highest BCUT2D eigenvalue weighted by Crippen LogP contribution is 2.41. The second kappa shape index (κ2) is 4.14. The molecule has 1 unspecified atom stereocenters. The maximum Gasteiger partial charge on any atom is 0.329 e. The highest BCUT2D eigenvalue weighted by molar-refractivity contribution is 7.22. The second-order valence-electron chi connectivity index (χ2n) is 3.61. The van der Waals surface area contributed by atoms with E-state index < -0.39 is 16.8 Å². The summed E-state index contributed by atoms with van der Waals surface area (Å²) in [6, 6.07) is 6.91. The number of carboxylic acids is 1. The van der Waals surface area contributed by atoms with Gasteiger partial charge in [0, 0.05) is 22.0 Å². The molecule has 0 saturated carbocycles. The first-order chi connectivity index (χ1) is 8.02. The van der Waals surface area contributed by atoms with Crippen molar-refractivity contribution in [3.63, 3.8) is 0 Å². The van der Waals surface area contributed by atoms with Gasteiger partial charge in [-0.1, -0.05) is 36.5 Å². The summed E-state index contributed by atoms with van der Waals surface area (Å²) < 4.78 is 0.710. The highest BCUT2D eigenvalue weighted by Gasteiger charge is 2.25. The normalized spacial score (nSPS) is 12.5. The summed E-state index contributed by atoms with van der Waals surface area (Å²) in [5.74, 6) is -2.30. The van der Waals surface area contributed by atoms with Gasteiger partial charge in [0.1, 0.15) is 0 Å². The van der Waals surface area contributed by atoms with E-state index in [1.165, 1.54) is 6.92 Å². The average molecular weight is 250 g/mol. The number of carbonyl (C=O) groups excluding carboxylic acids is 1. The molecule has 1 aromatic carbocycles. The third kappa shape index (κ3) is 1.87. The monoisotopic (exact) mass is 250 g/mol.